The Balaban J connectivity index is 2.33. The fourth-order valence-electron chi connectivity index (χ4n) is 2.88. The van der Waals surface area contributed by atoms with E-state index in [0.717, 1.165) is 12.8 Å². The predicted octanol–water partition coefficient (Wildman–Crippen LogP) is 3.61. The molecule has 0 heterocycles. The summed E-state index contributed by atoms with van der Waals surface area (Å²) in [7, 11) is 0. The van der Waals surface area contributed by atoms with E-state index in [1.165, 1.54) is 30.4 Å². The van der Waals surface area contributed by atoms with E-state index in [1.807, 2.05) is 0 Å². The van der Waals surface area contributed by atoms with Gasteiger partial charge in [-0.15, -0.1) is 0 Å². The van der Waals surface area contributed by atoms with Crippen LogP contribution >= 0.6 is 0 Å². The molecule has 0 saturated heterocycles. The van der Waals surface area contributed by atoms with Crippen molar-refractivity contribution >= 4 is 0 Å². The number of benzene rings is 1. The van der Waals surface area contributed by atoms with Crippen molar-refractivity contribution in [2.75, 3.05) is 0 Å². The number of nitrogens with two attached hydrogens (primary N) is 1. The predicted molar refractivity (Wildman–Crippen MR) is 69.3 cm³/mol. The van der Waals surface area contributed by atoms with Crippen LogP contribution in [0.1, 0.15) is 50.7 Å². The van der Waals surface area contributed by atoms with Gasteiger partial charge in [-0.25, -0.2) is 0 Å². The molecule has 1 heteroatoms. The molecular weight excluding hydrogens is 194 g/mol. The molecule has 88 valence electrons. The standard InChI is InChI=1S/C15H23N/c1-3-13-8-6-9-14(11-13)15(16)10-5-4-7-12(15)2/h6,8-9,11-12H,3-5,7,10,16H2,1-2H3. The van der Waals surface area contributed by atoms with Gasteiger partial charge in [0.2, 0.25) is 0 Å². The Morgan fingerprint density at radius 3 is 2.88 bits per heavy atom. The summed E-state index contributed by atoms with van der Waals surface area (Å²) in [5.74, 6) is 0.605. The third kappa shape index (κ3) is 2.01. The topological polar surface area (TPSA) is 26.0 Å². The fraction of sp³-hybridized carbons (Fsp3) is 0.600. The highest BCUT2D eigenvalue weighted by molar-refractivity contribution is 5.30. The van der Waals surface area contributed by atoms with E-state index in [4.69, 9.17) is 5.73 Å². The summed E-state index contributed by atoms with van der Waals surface area (Å²) in [6, 6.07) is 8.87. The molecule has 1 saturated carbocycles. The van der Waals surface area contributed by atoms with Crippen molar-refractivity contribution in [3.63, 3.8) is 0 Å². The lowest BCUT2D eigenvalue weighted by Crippen LogP contribution is -2.45. The highest BCUT2D eigenvalue weighted by Gasteiger charge is 2.35. The molecule has 0 spiro atoms. The lowest BCUT2D eigenvalue weighted by Gasteiger charge is -2.40. The maximum atomic E-state index is 6.65. The Morgan fingerprint density at radius 1 is 1.38 bits per heavy atom. The number of aryl methyl sites for hydroxylation is 1. The van der Waals surface area contributed by atoms with Gasteiger partial charge < -0.3 is 5.73 Å². The summed E-state index contributed by atoms with van der Waals surface area (Å²) in [5, 5.41) is 0. The largest absolute Gasteiger partial charge is 0.321 e. The molecule has 0 amide bonds. The molecular formula is C15H23N. The summed E-state index contributed by atoms with van der Waals surface area (Å²) in [4.78, 5) is 0. The van der Waals surface area contributed by atoms with Crippen LogP contribution in [0, 0.1) is 5.92 Å². The van der Waals surface area contributed by atoms with Crippen molar-refractivity contribution in [1.29, 1.82) is 0 Å². The third-order valence-corrected chi connectivity index (χ3v) is 4.23. The van der Waals surface area contributed by atoms with Gasteiger partial charge in [0.1, 0.15) is 0 Å². The molecule has 2 atom stereocenters. The first-order valence-corrected chi connectivity index (χ1v) is 6.55. The highest BCUT2D eigenvalue weighted by Crippen LogP contribution is 2.39. The van der Waals surface area contributed by atoms with Crippen LogP contribution in [0.2, 0.25) is 0 Å². The van der Waals surface area contributed by atoms with Gasteiger partial charge in [-0.3, -0.25) is 0 Å². The van der Waals surface area contributed by atoms with Crippen LogP contribution in [0.4, 0.5) is 0 Å². The zero-order valence-electron chi connectivity index (χ0n) is 10.5. The van der Waals surface area contributed by atoms with E-state index in [0.29, 0.717) is 5.92 Å². The van der Waals surface area contributed by atoms with E-state index < -0.39 is 0 Å². The normalized spacial score (nSPS) is 30.3. The van der Waals surface area contributed by atoms with Crippen molar-refractivity contribution in [2.45, 2.75) is 51.5 Å². The lowest BCUT2D eigenvalue weighted by molar-refractivity contribution is 0.207. The molecule has 16 heavy (non-hydrogen) atoms. The minimum absolute atomic E-state index is 0.0799. The summed E-state index contributed by atoms with van der Waals surface area (Å²) in [5.41, 5.74) is 9.32. The van der Waals surface area contributed by atoms with Gasteiger partial charge in [0.25, 0.3) is 0 Å². The molecule has 2 unspecified atom stereocenters. The molecule has 1 aliphatic rings. The Morgan fingerprint density at radius 2 is 2.19 bits per heavy atom. The van der Waals surface area contributed by atoms with Gasteiger partial charge in [0.15, 0.2) is 0 Å². The van der Waals surface area contributed by atoms with Crippen LogP contribution < -0.4 is 5.73 Å². The maximum absolute atomic E-state index is 6.65. The second-order valence-corrected chi connectivity index (χ2v) is 5.24. The Kier molecular flexibility index (Phi) is 3.34. The molecule has 1 fully saturated rings. The zero-order valence-corrected chi connectivity index (χ0v) is 10.5. The number of hydrogen-bond donors (Lipinski definition) is 1. The summed E-state index contributed by atoms with van der Waals surface area (Å²) < 4.78 is 0. The maximum Gasteiger partial charge on any atom is 0.0435 e. The van der Waals surface area contributed by atoms with Crippen molar-refractivity contribution in [3.8, 4) is 0 Å². The van der Waals surface area contributed by atoms with Crippen LogP contribution in [0.3, 0.4) is 0 Å². The van der Waals surface area contributed by atoms with Gasteiger partial charge in [0.05, 0.1) is 0 Å². The molecule has 1 aromatic rings. The van der Waals surface area contributed by atoms with Crippen LogP contribution in [0.15, 0.2) is 24.3 Å². The van der Waals surface area contributed by atoms with Crippen molar-refractivity contribution in [2.24, 2.45) is 11.7 Å². The molecule has 0 radical (unpaired) electrons. The Hall–Kier alpha value is -0.820. The Labute approximate surface area is 99.0 Å². The quantitative estimate of drug-likeness (QED) is 0.804. The molecule has 2 rings (SSSR count). The first kappa shape index (κ1) is 11.7. The van der Waals surface area contributed by atoms with Gasteiger partial charge in [-0.2, -0.15) is 0 Å². The van der Waals surface area contributed by atoms with Crippen molar-refractivity contribution in [3.05, 3.63) is 35.4 Å². The lowest BCUT2D eigenvalue weighted by atomic mass is 9.70. The molecule has 0 aromatic heterocycles. The van der Waals surface area contributed by atoms with E-state index in [2.05, 4.69) is 38.1 Å². The van der Waals surface area contributed by atoms with E-state index in [9.17, 15) is 0 Å². The smallest absolute Gasteiger partial charge is 0.0435 e. The van der Waals surface area contributed by atoms with Crippen LogP contribution in [-0.2, 0) is 12.0 Å². The van der Waals surface area contributed by atoms with Gasteiger partial charge in [0, 0.05) is 5.54 Å². The average molecular weight is 217 g/mol. The summed E-state index contributed by atoms with van der Waals surface area (Å²) >= 11 is 0. The van der Waals surface area contributed by atoms with Gasteiger partial charge >= 0.3 is 0 Å². The van der Waals surface area contributed by atoms with Crippen LogP contribution in [-0.4, -0.2) is 0 Å². The summed E-state index contributed by atoms with van der Waals surface area (Å²) in [6.07, 6.45) is 6.12. The highest BCUT2D eigenvalue weighted by atomic mass is 14.8. The first-order valence-electron chi connectivity index (χ1n) is 6.55. The summed E-state index contributed by atoms with van der Waals surface area (Å²) in [6.45, 7) is 4.50. The second kappa shape index (κ2) is 4.58. The average Bonchev–Trinajstić information content (AvgIpc) is 2.33. The molecule has 0 aliphatic heterocycles. The first-order chi connectivity index (χ1) is 7.66. The Bertz CT molecular complexity index is 358. The second-order valence-electron chi connectivity index (χ2n) is 5.24. The molecule has 2 N–H and O–H groups in total. The van der Waals surface area contributed by atoms with Crippen molar-refractivity contribution in [1.82, 2.24) is 0 Å². The number of rotatable bonds is 2. The van der Waals surface area contributed by atoms with Crippen molar-refractivity contribution < 1.29 is 0 Å². The SMILES string of the molecule is CCc1cccc(C2(N)CCCCC2C)c1. The molecule has 0 bridgehead atoms. The van der Waals surface area contributed by atoms with E-state index >= 15 is 0 Å². The molecule has 1 nitrogen and oxygen atoms in total. The van der Waals surface area contributed by atoms with Crippen LogP contribution in [0.5, 0.6) is 0 Å². The minimum atomic E-state index is -0.0799. The monoisotopic (exact) mass is 217 g/mol. The van der Waals surface area contributed by atoms with E-state index in [1.54, 1.807) is 0 Å². The minimum Gasteiger partial charge on any atom is -0.321 e. The van der Waals surface area contributed by atoms with Gasteiger partial charge in [-0.05, 0) is 36.3 Å². The third-order valence-electron chi connectivity index (χ3n) is 4.23. The van der Waals surface area contributed by atoms with Gasteiger partial charge in [-0.1, -0.05) is 51.0 Å². The fourth-order valence-corrected chi connectivity index (χ4v) is 2.88. The molecule has 1 aliphatic carbocycles. The zero-order chi connectivity index (χ0) is 11.6. The van der Waals surface area contributed by atoms with E-state index in [-0.39, 0.29) is 5.54 Å². The molecule has 1 aromatic carbocycles. The van der Waals surface area contributed by atoms with Crippen LogP contribution in [0.25, 0.3) is 0 Å². The number of hydrogen-bond acceptors (Lipinski definition) is 1.